The monoisotopic (exact) mass is 368 g/mol. The number of aryl methyl sites for hydroxylation is 1. The van der Waals surface area contributed by atoms with Gasteiger partial charge in [0.05, 0.1) is 0 Å². The zero-order valence-corrected chi connectivity index (χ0v) is 14.0. The van der Waals surface area contributed by atoms with Crippen LogP contribution >= 0.6 is 39.1 Å². The normalized spacial score (nSPS) is 19.4. The molecule has 0 spiro atoms. The first kappa shape index (κ1) is 14.4. The maximum atomic E-state index is 6.35. The predicted molar refractivity (Wildman–Crippen MR) is 90.3 cm³/mol. The van der Waals surface area contributed by atoms with E-state index in [0.717, 1.165) is 15.6 Å². The van der Waals surface area contributed by atoms with Crippen molar-refractivity contribution in [1.82, 2.24) is 0 Å². The van der Waals surface area contributed by atoms with Gasteiger partial charge in [0.2, 0.25) is 0 Å². The maximum absolute atomic E-state index is 6.35. The van der Waals surface area contributed by atoms with Crippen LogP contribution in [0, 0.1) is 0 Å². The SMILES string of the molecule is Clc1ccc(Cl)c(C(Br)C2CCCc3ccccc32)c1. The van der Waals surface area contributed by atoms with E-state index in [1.54, 1.807) is 0 Å². The van der Waals surface area contributed by atoms with Crippen LogP contribution in [0.15, 0.2) is 42.5 Å². The standard InChI is InChI=1S/C17H15BrCl2/c18-17(15-10-12(19)8-9-16(15)20)14-7-3-5-11-4-1-2-6-13(11)14/h1-2,4,6,8-10,14,17H,3,5,7H2. The van der Waals surface area contributed by atoms with Crippen molar-refractivity contribution in [2.45, 2.75) is 30.0 Å². The lowest BCUT2D eigenvalue weighted by molar-refractivity contribution is 0.547. The highest BCUT2D eigenvalue weighted by Crippen LogP contribution is 2.47. The highest BCUT2D eigenvalue weighted by molar-refractivity contribution is 9.09. The van der Waals surface area contributed by atoms with Crippen LogP contribution in [0.5, 0.6) is 0 Å². The van der Waals surface area contributed by atoms with Gasteiger partial charge in [-0.2, -0.15) is 0 Å². The second-order valence-electron chi connectivity index (χ2n) is 5.27. The molecule has 0 saturated heterocycles. The van der Waals surface area contributed by atoms with Crippen LogP contribution < -0.4 is 0 Å². The van der Waals surface area contributed by atoms with Crippen molar-refractivity contribution in [3.05, 3.63) is 69.2 Å². The molecule has 0 amide bonds. The molecule has 20 heavy (non-hydrogen) atoms. The summed E-state index contributed by atoms with van der Waals surface area (Å²) in [5.41, 5.74) is 3.99. The summed E-state index contributed by atoms with van der Waals surface area (Å²) < 4.78 is 0. The topological polar surface area (TPSA) is 0 Å². The van der Waals surface area contributed by atoms with Crippen LogP contribution in [0.3, 0.4) is 0 Å². The number of hydrogen-bond donors (Lipinski definition) is 0. The summed E-state index contributed by atoms with van der Waals surface area (Å²) in [7, 11) is 0. The Morgan fingerprint density at radius 2 is 1.90 bits per heavy atom. The molecule has 0 heterocycles. The quantitative estimate of drug-likeness (QED) is 0.526. The lowest BCUT2D eigenvalue weighted by Crippen LogP contribution is -2.14. The van der Waals surface area contributed by atoms with Gasteiger partial charge in [-0.05, 0) is 54.2 Å². The molecular weight excluding hydrogens is 355 g/mol. The second kappa shape index (κ2) is 6.09. The first-order valence-electron chi connectivity index (χ1n) is 6.83. The molecule has 3 heteroatoms. The summed E-state index contributed by atoms with van der Waals surface area (Å²) in [6, 6.07) is 14.4. The largest absolute Gasteiger partial charge is 0.0843 e. The minimum absolute atomic E-state index is 0.204. The molecule has 104 valence electrons. The van der Waals surface area contributed by atoms with Crippen molar-refractivity contribution in [1.29, 1.82) is 0 Å². The van der Waals surface area contributed by atoms with E-state index in [4.69, 9.17) is 23.2 Å². The van der Waals surface area contributed by atoms with Gasteiger partial charge in [0.15, 0.2) is 0 Å². The van der Waals surface area contributed by atoms with E-state index in [2.05, 4.69) is 40.2 Å². The third kappa shape index (κ3) is 2.77. The van der Waals surface area contributed by atoms with E-state index in [0.29, 0.717) is 5.92 Å². The molecule has 0 bridgehead atoms. The summed E-state index contributed by atoms with van der Waals surface area (Å²) in [6.07, 6.45) is 3.58. The molecule has 2 unspecified atom stereocenters. The molecule has 0 radical (unpaired) electrons. The van der Waals surface area contributed by atoms with Crippen LogP contribution in [0.4, 0.5) is 0 Å². The average molecular weight is 370 g/mol. The Morgan fingerprint density at radius 1 is 1.10 bits per heavy atom. The van der Waals surface area contributed by atoms with Gasteiger partial charge in [-0.3, -0.25) is 0 Å². The van der Waals surface area contributed by atoms with Crippen molar-refractivity contribution in [2.75, 3.05) is 0 Å². The minimum atomic E-state index is 0.204. The third-order valence-corrected chi connectivity index (χ3v) is 5.73. The first-order chi connectivity index (χ1) is 9.66. The summed E-state index contributed by atoms with van der Waals surface area (Å²) in [4.78, 5) is 0.204. The molecule has 3 rings (SSSR count). The lowest BCUT2D eigenvalue weighted by Gasteiger charge is -2.30. The van der Waals surface area contributed by atoms with Gasteiger partial charge in [0, 0.05) is 20.8 Å². The van der Waals surface area contributed by atoms with Gasteiger partial charge in [-0.1, -0.05) is 63.4 Å². The molecule has 0 saturated carbocycles. The fraction of sp³-hybridized carbons (Fsp3) is 0.294. The van der Waals surface area contributed by atoms with E-state index >= 15 is 0 Å². The highest BCUT2D eigenvalue weighted by atomic mass is 79.9. The van der Waals surface area contributed by atoms with Gasteiger partial charge in [-0.25, -0.2) is 0 Å². The van der Waals surface area contributed by atoms with E-state index in [1.807, 2.05) is 18.2 Å². The molecule has 0 aliphatic heterocycles. The second-order valence-corrected chi connectivity index (χ2v) is 7.10. The Morgan fingerprint density at radius 3 is 2.75 bits per heavy atom. The molecule has 1 aliphatic carbocycles. The number of fused-ring (bicyclic) bond motifs is 1. The van der Waals surface area contributed by atoms with E-state index in [9.17, 15) is 0 Å². The van der Waals surface area contributed by atoms with Crippen LogP contribution in [0.2, 0.25) is 10.0 Å². The fourth-order valence-electron chi connectivity index (χ4n) is 3.04. The number of hydrogen-bond acceptors (Lipinski definition) is 0. The van der Waals surface area contributed by atoms with Crippen LogP contribution in [-0.4, -0.2) is 0 Å². The minimum Gasteiger partial charge on any atom is -0.0843 e. The van der Waals surface area contributed by atoms with Crippen molar-refractivity contribution in [3.63, 3.8) is 0 Å². The summed E-state index contributed by atoms with van der Waals surface area (Å²) in [5, 5.41) is 1.51. The molecule has 2 aromatic rings. The molecule has 0 fully saturated rings. The van der Waals surface area contributed by atoms with Gasteiger partial charge in [0.1, 0.15) is 0 Å². The summed E-state index contributed by atoms with van der Waals surface area (Å²) >= 11 is 16.3. The summed E-state index contributed by atoms with van der Waals surface area (Å²) in [5.74, 6) is 0.455. The fourth-order valence-corrected chi connectivity index (χ4v) is 4.51. The van der Waals surface area contributed by atoms with Crippen molar-refractivity contribution >= 4 is 39.1 Å². The Labute approximate surface area is 138 Å². The van der Waals surface area contributed by atoms with Crippen molar-refractivity contribution in [3.8, 4) is 0 Å². The van der Waals surface area contributed by atoms with Crippen LogP contribution in [-0.2, 0) is 6.42 Å². The lowest BCUT2D eigenvalue weighted by atomic mass is 9.79. The Kier molecular flexibility index (Phi) is 4.40. The first-order valence-corrected chi connectivity index (χ1v) is 8.51. The van der Waals surface area contributed by atoms with Crippen LogP contribution in [0.25, 0.3) is 0 Å². The number of benzene rings is 2. The number of alkyl halides is 1. The molecule has 0 N–H and O–H groups in total. The molecule has 1 aliphatic rings. The van der Waals surface area contributed by atoms with Gasteiger partial charge >= 0.3 is 0 Å². The summed E-state index contributed by atoms with van der Waals surface area (Å²) in [6.45, 7) is 0. The zero-order valence-electron chi connectivity index (χ0n) is 11.0. The molecule has 2 aromatic carbocycles. The zero-order chi connectivity index (χ0) is 14.1. The van der Waals surface area contributed by atoms with Gasteiger partial charge in [-0.15, -0.1) is 0 Å². The van der Waals surface area contributed by atoms with Crippen molar-refractivity contribution in [2.24, 2.45) is 0 Å². The molecular formula is C17H15BrCl2. The van der Waals surface area contributed by atoms with E-state index < -0.39 is 0 Å². The van der Waals surface area contributed by atoms with Crippen LogP contribution in [0.1, 0.15) is 40.3 Å². The van der Waals surface area contributed by atoms with E-state index in [-0.39, 0.29) is 4.83 Å². The van der Waals surface area contributed by atoms with E-state index in [1.165, 1.54) is 30.4 Å². The molecule has 0 aromatic heterocycles. The van der Waals surface area contributed by atoms with Gasteiger partial charge < -0.3 is 0 Å². The third-order valence-electron chi connectivity index (χ3n) is 4.02. The van der Waals surface area contributed by atoms with Crippen molar-refractivity contribution < 1.29 is 0 Å². The van der Waals surface area contributed by atoms with Gasteiger partial charge in [0.25, 0.3) is 0 Å². The number of halogens is 3. The Balaban J connectivity index is 1.99. The Hall–Kier alpha value is -0.500. The predicted octanol–water partition coefficient (Wildman–Crippen LogP) is 6.55. The Bertz CT molecular complexity index is 624. The highest BCUT2D eigenvalue weighted by Gasteiger charge is 2.28. The molecule has 2 atom stereocenters. The smallest absolute Gasteiger partial charge is 0.0479 e. The molecule has 0 nitrogen and oxygen atoms in total. The number of rotatable bonds is 2. The maximum Gasteiger partial charge on any atom is 0.0479 e. The average Bonchev–Trinajstić information content (AvgIpc) is 2.48.